The number of carbonyl (C=O) groups is 2. The number of aliphatic hydroxyl groups excluding tert-OH is 5. The van der Waals surface area contributed by atoms with Gasteiger partial charge in [-0.25, -0.2) is 4.57 Å². The van der Waals surface area contributed by atoms with Crippen molar-refractivity contribution in [1.82, 2.24) is 0 Å². The normalized spacial score (nSPS) is 21.8. The van der Waals surface area contributed by atoms with E-state index in [9.17, 15) is 44.6 Å². The zero-order valence-electron chi connectivity index (χ0n) is 39.4. The van der Waals surface area contributed by atoms with Gasteiger partial charge >= 0.3 is 19.8 Å². The second kappa shape index (κ2) is 39.5. The monoisotopic (exact) mass is 919 g/mol. The zero-order chi connectivity index (χ0) is 46.4. The van der Waals surface area contributed by atoms with Crippen molar-refractivity contribution in [2.24, 2.45) is 0 Å². The molecule has 0 aromatic carbocycles. The van der Waals surface area contributed by atoms with Crippen LogP contribution in [0.1, 0.15) is 219 Å². The fourth-order valence-electron chi connectivity index (χ4n) is 7.73. The molecule has 0 aromatic heterocycles. The number of phosphoric acid groups is 1. The standard InChI is InChI=1S/C49H91O13P/c1-3-5-7-9-11-13-15-17-19-20-21-22-24-25-27-29-31-33-35-37-42(50)59-39-41(40-60-63(57,58)62-49-47(55)45(53)44(52)46(54)48(49)56)61-43(51)38-36-34-32-30-28-26-23-18-16-14-12-10-8-6-4-2/h11,13,17,19,41,44-49,52-56H,3-10,12,14-16,18,20-40H2,1-2H3,(H,57,58)/b13-11+,19-17+/t41-,44?,45-,46?,47?,48?,49?/m0/s1. The molecule has 0 spiro atoms. The summed E-state index contributed by atoms with van der Waals surface area (Å²) in [5, 5.41) is 50.2. The van der Waals surface area contributed by atoms with Crippen molar-refractivity contribution in [3.05, 3.63) is 24.3 Å². The first-order valence-corrected chi connectivity index (χ1v) is 26.6. The van der Waals surface area contributed by atoms with Crippen LogP contribution in [0.2, 0.25) is 0 Å². The summed E-state index contributed by atoms with van der Waals surface area (Å²) >= 11 is 0. The predicted octanol–water partition coefficient (Wildman–Crippen LogP) is 10.4. The second-order valence-electron chi connectivity index (χ2n) is 17.7. The smallest absolute Gasteiger partial charge is 0.462 e. The number of ether oxygens (including phenoxy) is 2. The number of unbranched alkanes of at least 4 members (excludes halogenated alkanes) is 26. The molecule has 0 aliphatic heterocycles. The summed E-state index contributed by atoms with van der Waals surface area (Å²) in [6.45, 7) is 3.30. The first-order chi connectivity index (χ1) is 30.4. The Morgan fingerprint density at radius 2 is 0.857 bits per heavy atom. The summed E-state index contributed by atoms with van der Waals surface area (Å²) in [7, 11) is -5.12. The largest absolute Gasteiger partial charge is 0.472 e. The van der Waals surface area contributed by atoms with Crippen LogP contribution < -0.4 is 0 Å². The van der Waals surface area contributed by atoms with E-state index >= 15 is 0 Å². The van der Waals surface area contributed by atoms with E-state index in [0.29, 0.717) is 12.8 Å². The van der Waals surface area contributed by atoms with Crippen molar-refractivity contribution in [2.45, 2.75) is 262 Å². The summed E-state index contributed by atoms with van der Waals surface area (Å²) in [5.41, 5.74) is 0. The van der Waals surface area contributed by atoms with Gasteiger partial charge in [-0.05, 0) is 44.9 Å². The first kappa shape index (κ1) is 59.3. The van der Waals surface area contributed by atoms with Crippen LogP contribution in [0.15, 0.2) is 24.3 Å². The van der Waals surface area contributed by atoms with E-state index in [2.05, 4.69) is 38.2 Å². The van der Waals surface area contributed by atoms with Gasteiger partial charge in [0, 0.05) is 12.8 Å². The molecule has 1 saturated carbocycles. The summed E-state index contributed by atoms with van der Waals surface area (Å²) in [4.78, 5) is 35.8. The predicted molar refractivity (Wildman–Crippen MR) is 249 cm³/mol. The molecule has 0 heterocycles. The number of hydrogen-bond acceptors (Lipinski definition) is 12. The van der Waals surface area contributed by atoms with Crippen LogP contribution in [0.4, 0.5) is 0 Å². The van der Waals surface area contributed by atoms with Crippen molar-refractivity contribution >= 4 is 19.8 Å². The molecule has 0 radical (unpaired) electrons. The highest BCUT2D eigenvalue weighted by Gasteiger charge is 2.51. The molecule has 1 aliphatic carbocycles. The second-order valence-corrected chi connectivity index (χ2v) is 19.1. The van der Waals surface area contributed by atoms with E-state index in [1.54, 1.807) is 0 Å². The Morgan fingerprint density at radius 1 is 0.492 bits per heavy atom. The van der Waals surface area contributed by atoms with Gasteiger partial charge in [0.15, 0.2) is 6.10 Å². The maximum atomic E-state index is 12.8. The molecule has 6 unspecified atom stereocenters. The van der Waals surface area contributed by atoms with Gasteiger partial charge < -0.3 is 39.9 Å². The highest BCUT2D eigenvalue weighted by Crippen LogP contribution is 2.47. The number of aliphatic hydroxyl groups is 5. The molecule has 0 saturated heterocycles. The molecule has 8 atom stereocenters. The van der Waals surface area contributed by atoms with Gasteiger partial charge in [0.25, 0.3) is 0 Å². The summed E-state index contributed by atoms with van der Waals surface area (Å²) < 4.78 is 33.6. The average Bonchev–Trinajstić information content (AvgIpc) is 3.26. The third-order valence-electron chi connectivity index (χ3n) is 11.8. The van der Waals surface area contributed by atoms with Gasteiger partial charge in [-0.1, -0.05) is 186 Å². The number of esters is 2. The molecule has 6 N–H and O–H groups in total. The Labute approximate surface area is 381 Å². The van der Waals surface area contributed by atoms with Crippen LogP contribution in [-0.2, 0) is 32.7 Å². The van der Waals surface area contributed by atoms with Crippen molar-refractivity contribution in [2.75, 3.05) is 13.2 Å². The van der Waals surface area contributed by atoms with E-state index in [0.717, 1.165) is 57.8 Å². The van der Waals surface area contributed by atoms with Gasteiger partial charge in [-0.3, -0.25) is 18.6 Å². The van der Waals surface area contributed by atoms with Crippen LogP contribution in [0.3, 0.4) is 0 Å². The number of hydrogen-bond donors (Lipinski definition) is 6. The Balaban J connectivity index is 2.40. The van der Waals surface area contributed by atoms with E-state index in [-0.39, 0.29) is 12.8 Å². The average molecular weight is 919 g/mol. The lowest BCUT2D eigenvalue weighted by atomic mass is 9.85. The number of phosphoric ester groups is 1. The Hall–Kier alpha value is -1.67. The Morgan fingerprint density at radius 3 is 1.32 bits per heavy atom. The molecular weight excluding hydrogens is 827 g/mol. The van der Waals surface area contributed by atoms with E-state index < -0.39 is 75.7 Å². The fourth-order valence-corrected chi connectivity index (χ4v) is 8.70. The molecular formula is C49H91O13P. The zero-order valence-corrected chi connectivity index (χ0v) is 40.3. The van der Waals surface area contributed by atoms with Gasteiger partial charge in [0.05, 0.1) is 6.61 Å². The van der Waals surface area contributed by atoms with Gasteiger partial charge in [-0.15, -0.1) is 0 Å². The van der Waals surface area contributed by atoms with Crippen LogP contribution in [0.5, 0.6) is 0 Å². The van der Waals surface area contributed by atoms with Crippen LogP contribution in [0.25, 0.3) is 0 Å². The van der Waals surface area contributed by atoms with Crippen LogP contribution in [0, 0.1) is 0 Å². The van der Waals surface area contributed by atoms with Crippen LogP contribution >= 0.6 is 7.82 Å². The van der Waals surface area contributed by atoms with E-state index in [4.69, 9.17) is 18.5 Å². The van der Waals surface area contributed by atoms with Crippen molar-refractivity contribution < 1.29 is 63.1 Å². The summed E-state index contributed by atoms with van der Waals surface area (Å²) in [6.07, 6.45) is 30.8. The minimum absolute atomic E-state index is 0.100. The lowest BCUT2D eigenvalue weighted by molar-refractivity contribution is -0.220. The molecule has 63 heavy (non-hydrogen) atoms. The molecule has 0 amide bonds. The minimum Gasteiger partial charge on any atom is -0.462 e. The highest BCUT2D eigenvalue weighted by atomic mass is 31.2. The van der Waals surface area contributed by atoms with Gasteiger partial charge in [0.1, 0.15) is 43.2 Å². The SMILES string of the molecule is CCCCC/C=C/C/C=C/CCCCCCCCCCCC(=O)OC[C@@H](COP(=O)(O)OC1C(O)C(O)C(O)[C@H](O)C1O)OC(=O)CCCCCCCCCCCCCCCCC. The van der Waals surface area contributed by atoms with E-state index in [1.807, 2.05) is 0 Å². The van der Waals surface area contributed by atoms with Crippen molar-refractivity contribution in [3.8, 4) is 0 Å². The van der Waals surface area contributed by atoms with Crippen molar-refractivity contribution in [1.29, 1.82) is 0 Å². The number of carbonyl (C=O) groups excluding carboxylic acids is 2. The Bertz CT molecular complexity index is 1200. The maximum absolute atomic E-state index is 12.8. The molecule has 0 aromatic rings. The lowest BCUT2D eigenvalue weighted by Crippen LogP contribution is -2.64. The topological polar surface area (TPSA) is 210 Å². The fraction of sp³-hybridized carbons (Fsp3) is 0.878. The highest BCUT2D eigenvalue weighted by molar-refractivity contribution is 7.47. The molecule has 1 fully saturated rings. The Kier molecular flexibility index (Phi) is 37.2. The maximum Gasteiger partial charge on any atom is 0.472 e. The quantitative estimate of drug-likeness (QED) is 0.0146. The number of allylic oxidation sites excluding steroid dienone is 4. The third-order valence-corrected chi connectivity index (χ3v) is 12.8. The number of rotatable bonds is 42. The molecule has 13 nitrogen and oxygen atoms in total. The molecule has 370 valence electrons. The molecule has 1 rings (SSSR count). The molecule has 0 bridgehead atoms. The molecule has 1 aliphatic rings. The minimum atomic E-state index is -5.12. The van der Waals surface area contributed by atoms with Gasteiger partial charge in [0.2, 0.25) is 0 Å². The molecule has 14 heteroatoms. The first-order valence-electron chi connectivity index (χ1n) is 25.1. The van der Waals surface area contributed by atoms with Gasteiger partial charge in [-0.2, -0.15) is 0 Å². The third kappa shape index (κ3) is 31.8. The lowest BCUT2D eigenvalue weighted by Gasteiger charge is -2.41. The van der Waals surface area contributed by atoms with Crippen LogP contribution in [-0.4, -0.2) is 98.3 Å². The summed E-state index contributed by atoms with van der Waals surface area (Å²) in [6, 6.07) is 0. The van der Waals surface area contributed by atoms with E-state index in [1.165, 1.54) is 122 Å². The summed E-state index contributed by atoms with van der Waals surface area (Å²) in [5.74, 6) is -1.09. The van der Waals surface area contributed by atoms with Crippen molar-refractivity contribution in [3.63, 3.8) is 0 Å².